The van der Waals surface area contributed by atoms with Crippen molar-refractivity contribution in [3.05, 3.63) is 35.4 Å². The van der Waals surface area contributed by atoms with Crippen molar-refractivity contribution in [2.24, 2.45) is 0 Å². The Hall–Kier alpha value is -2.28. The number of carbonyl (C=O) groups excluding carboxylic acids is 1. The molecule has 1 rings (SSSR count). The van der Waals surface area contributed by atoms with Crippen LogP contribution in [-0.4, -0.2) is 17.7 Å². The van der Waals surface area contributed by atoms with E-state index in [2.05, 4.69) is 0 Å². The molecular weight excluding hydrogens is 230 g/mol. The van der Waals surface area contributed by atoms with E-state index in [0.717, 1.165) is 12.8 Å². The van der Waals surface area contributed by atoms with Crippen molar-refractivity contribution in [2.75, 3.05) is 6.61 Å². The van der Waals surface area contributed by atoms with Gasteiger partial charge in [0.1, 0.15) is 17.4 Å². The second-order valence-electron chi connectivity index (χ2n) is 3.75. The number of hydrogen-bond donors (Lipinski definition) is 1. The fourth-order valence-electron chi connectivity index (χ4n) is 1.26. The molecule has 0 aromatic heterocycles. The average Bonchev–Trinajstić information content (AvgIpc) is 2.38. The highest BCUT2D eigenvalue weighted by Crippen LogP contribution is 2.13. The van der Waals surface area contributed by atoms with Crippen molar-refractivity contribution < 1.29 is 14.6 Å². The van der Waals surface area contributed by atoms with Gasteiger partial charge in [0, 0.05) is 0 Å². The van der Waals surface area contributed by atoms with Crippen LogP contribution in [0.1, 0.15) is 25.3 Å². The van der Waals surface area contributed by atoms with E-state index in [4.69, 9.17) is 15.1 Å². The van der Waals surface area contributed by atoms with Gasteiger partial charge in [-0.2, -0.15) is 5.26 Å². The molecule has 4 heteroatoms. The van der Waals surface area contributed by atoms with Crippen LogP contribution in [0.3, 0.4) is 0 Å². The van der Waals surface area contributed by atoms with Crippen molar-refractivity contribution in [1.29, 1.82) is 5.26 Å². The monoisotopic (exact) mass is 245 g/mol. The first-order valence-electron chi connectivity index (χ1n) is 5.75. The maximum Gasteiger partial charge on any atom is 0.348 e. The van der Waals surface area contributed by atoms with Crippen molar-refractivity contribution in [3.63, 3.8) is 0 Å². The Morgan fingerprint density at radius 2 is 2.11 bits per heavy atom. The number of carbonyl (C=O) groups is 1. The molecule has 0 spiro atoms. The van der Waals surface area contributed by atoms with Crippen LogP contribution in [0.15, 0.2) is 29.8 Å². The van der Waals surface area contributed by atoms with Gasteiger partial charge in [0.25, 0.3) is 0 Å². The van der Waals surface area contributed by atoms with Gasteiger partial charge >= 0.3 is 5.97 Å². The number of nitriles is 1. The zero-order valence-electron chi connectivity index (χ0n) is 10.2. The van der Waals surface area contributed by atoms with Crippen molar-refractivity contribution in [3.8, 4) is 11.8 Å². The van der Waals surface area contributed by atoms with E-state index in [0.29, 0.717) is 12.2 Å². The Morgan fingerprint density at radius 3 is 2.67 bits per heavy atom. The number of rotatable bonds is 5. The lowest BCUT2D eigenvalue weighted by molar-refractivity contribution is -0.138. The fourth-order valence-corrected chi connectivity index (χ4v) is 1.26. The first kappa shape index (κ1) is 13.8. The lowest BCUT2D eigenvalue weighted by atomic mass is 10.1. The maximum atomic E-state index is 11.6. The molecule has 1 aromatic rings. The maximum absolute atomic E-state index is 11.6. The number of benzene rings is 1. The van der Waals surface area contributed by atoms with Crippen LogP contribution in [0.2, 0.25) is 0 Å². The molecule has 0 fully saturated rings. The highest BCUT2D eigenvalue weighted by atomic mass is 16.5. The minimum Gasteiger partial charge on any atom is -0.508 e. The van der Waals surface area contributed by atoms with E-state index in [-0.39, 0.29) is 11.3 Å². The quantitative estimate of drug-likeness (QED) is 0.374. The molecule has 4 nitrogen and oxygen atoms in total. The summed E-state index contributed by atoms with van der Waals surface area (Å²) in [5.41, 5.74) is 0.619. The molecule has 0 bridgehead atoms. The molecule has 1 N–H and O–H groups in total. The van der Waals surface area contributed by atoms with Gasteiger partial charge in [-0.15, -0.1) is 0 Å². The molecule has 0 saturated carbocycles. The normalized spacial score (nSPS) is 10.8. The summed E-state index contributed by atoms with van der Waals surface area (Å²) in [6.07, 6.45) is 3.15. The Morgan fingerprint density at radius 1 is 1.44 bits per heavy atom. The number of unbranched alkanes of at least 4 members (excludes halogenated alkanes) is 1. The molecule has 1 aromatic carbocycles. The Kier molecular flexibility index (Phi) is 5.46. The third kappa shape index (κ3) is 4.30. The number of ether oxygens (including phenoxy) is 1. The van der Waals surface area contributed by atoms with Gasteiger partial charge in [-0.3, -0.25) is 0 Å². The minimum atomic E-state index is -0.612. The molecule has 18 heavy (non-hydrogen) atoms. The van der Waals surface area contributed by atoms with Crippen LogP contribution >= 0.6 is 0 Å². The molecule has 94 valence electrons. The molecule has 0 heterocycles. The molecule has 0 atom stereocenters. The first-order valence-corrected chi connectivity index (χ1v) is 5.75. The molecule has 0 aliphatic carbocycles. The van der Waals surface area contributed by atoms with E-state index in [9.17, 15) is 4.79 Å². The Bertz CT molecular complexity index is 469. The van der Waals surface area contributed by atoms with Crippen LogP contribution < -0.4 is 0 Å². The first-order chi connectivity index (χ1) is 8.67. The lowest BCUT2D eigenvalue weighted by Gasteiger charge is -2.02. The smallest absolute Gasteiger partial charge is 0.348 e. The summed E-state index contributed by atoms with van der Waals surface area (Å²) in [7, 11) is 0. The van der Waals surface area contributed by atoms with E-state index in [1.807, 2.05) is 13.0 Å². The number of aromatic hydroxyl groups is 1. The predicted octanol–water partition coefficient (Wildman–Crippen LogP) is 2.64. The molecule has 0 amide bonds. The van der Waals surface area contributed by atoms with Crippen LogP contribution in [-0.2, 0) is 9.53 Å². The van der Waals surface area contributed by atoms with Crippen LogP contribution in [0.25, 0.3) is 6.08 Å². The van der Waals surface area contributed by atoms with E-state index in [1.54, 1.807) is 12.1 Å². The third-order valence-corrected chi connectivity index (χ3v) is 2.28. The summed E-state index contributed by atoms with van der Waals surface area (Å²) >= 11 is 0. The lowest BCUT2D eigenvalue weighted by Crippen LogP contribution is -2.07. The summed E-state index contributed by atoms with van der Waals surface area (Å²) in [6.45, 7) is 2.31. The summed E-state index contributed by atoms with van der Waals surface area (Å²) in [5, 5.41) is 18.0. The van der Waals surface area contributed by atoms with E-state index < -0.39 is 5.97 Å². The molecule has 0 radical (unpaired) electrons. The largest absolute Gasteiger partial charge is 0.508 e. The van der Waals surface area contributed by atoms with Gasteiger partial charge in [0.05, 0.1) is 6.61 Å². The topological polar surface area (TPSA) is 70.3 Å². The highest BCUT2D eigenvalue weighted by Gasteiger charge is 2.10. The van der Waals surface area contributed by atoms with Crippen LogP contribution in [0.4, 0.5) is 0 Å². The van der Waals surface area contributed by atoms with Gasteiger partial charge in [-0.05, 0) is 30.2 Å². The van der Waals surface area contributed by atoms with Crippen molar-refractivity contribution in [1.82, 2.24) is 0 Å². The standard InChI is InChI=1S/C14H15NO3/c1-2-3-8-18-14(17)12(10-15)9-11-4-6-13(16)7-5-11/h4-7,9,16H,2-3,8H2,1H3/b12-9+. The third-order valence-electron chi connectivity index (χ3n) is 2.28. The summed E-state index contributed by atoms with van der Waals surface area (Å²) < 4.78 is 4.95. The van der Waals surface area contributed by atoms with E-state index >= 15 is 0 Å². The van der Waals surface area contributed by atoms with Crippen molar-refractivity contribution in [2.45, 2.75) is 19.8 Å². The zero-order chi connectivity index (χ0) is 13.4. The summed E-state index contributed by atoms with van der Waals surface area (Å²) in [5.74, 6) is -0.477. The highest BCUT2D eigenvalue weighted by molar-refractivity contribution is 5.97. The van der Waals surface area contributed by atoms with Gasteiger partial charge in [-0.25, -0.2) is 4.79 Å². The molecule has 0 aliphatic rings. The van der Waals surface area contributed by atoms with Gasteiger partial charge in [0.2, 0.25) is 0 Å². The van der Waals surface area contributed by atoms with Gasteiger partial charge in [-0.1, -0.05) is 25.5 Å². The van der Waals surface area contributed by atoms with Gasteiger partial charge in [0.15, 0.2) is 0 Å². The molecular formula is C14H15NO3. The molecule has 0 aliphatic heterocycles. The van der Waals surface area contributed by atoms with Gasteiger partial charge < -0.3 is 9.84 Å². The Labute approximate surface area is 106 Å². The zero-order valence-corrected chi connectivity index (χ0v) is 10.2. The van der Waals surface area contributed by atoms with Crippen molar-refractivity contribution >= 4 is 12.0 Å². The molecule has 0 saturated heterocycles. The SMILES string of the molecule is CCCCOC(=O)/C(C#N)=C/c1ccc(O)cc1. The minimum absolute atomic E-state index is 0.0446. The number of phenolic OH excluding ortho intramolecular Hbond substituents is 1. The number of hydrogen-bond acceptors (Lipinski definition) is 4. The number of esters is 1. The Balaban J connectivity index is 2.74. The summed E-state index contributed by atoms with van der Waals surface area (Å²) in [4.78, 5) is 11.6. The number of phenols is 1. The average molecular weight is 245 g/mol. The molecule has 0 unspecified atom stereocenters. The second kappa shape index (κ2) is 7.13. The van der Waals surface area contributed by atoms with Crippen LogP contribution in [0.5, 0.6) is 5.75 Å². The second-order valence-corrected chi connectivity index (χ2v) is 3.75. The predicted molar refractivity (Wildman–Crippen MR) is 67.6 cm³/mol. The van der Waals surface area contributed by atoms with E-state index in [1.165, 1.54) is 18.2 Å². The number of nitrogens with zero attached hydrogens (tertiary/aromatic N) is 1. The van der Waals surface area contributed by atoms with Crippen LogP contribution in [0, 0.1) is 11.3 Å². The fraction of sp³-hybridized carbons (Fsp3) is 0.286. The summed E-state index contributed by atoms with van der Waals surface area (Å²) in [6, 6.07) is 8.03.